The van der Waals surface area contributed by atoms with Crippen LogP contribution in [-0.4, -0.2) is 23.6 Å². The Balaban J connectivity index is 1.28. The number of carbonyl (C=O) groups excluding carboxylic acids is 2. The molecule has 0 unspecified atom stereocenters. The maximum absolute atomic E-state index is 12.8. The van der Waals surface area contributed by atoms with Gasteiger partial charge < -0.3 is 20.1 Å². The highest BCUT2D eigenvalue weighted by molar-refractivity contribution is 7.17. The van der Waals surface area contributed by atoms with Gasteiger partial charge in [0.05, 0.1) is 17.8 Å². The predicted molar refractivity (Wildman–Crippen MR) is 127 cm³/mol. The van der Waals surface area contributed by atoms with Crippen molar-refractivity contribution in [2.45, 2.75) is 0 Å². The molecule has 2 heterocycles. The van der Waals surface area contributed by atoms with Crippen molar-refractivity contribution >= 4 is 34.5 Å². The van der Waals surface area contributed by atoms with E-state index >= 15 is 0 Å². The minimum Gasteiger partial charge on any atom is -0.454 e. The van der Waals surface area contributed by atoms with Crippen molar-refractivity contribution in [1.82, 2.24) is 4.98 Å². The molecule has 9 heteroatoms. The van der Waals surface area contributed by atoms with E-state index in [1.807, 2.05) is 24.3 Å². The molecular weight excluding hydrogens is 452 g/mol. The first-order valence-electron chi connectivity index (χ1n) is 10.2. The molecule has 0 spiro atoms. The van der Waals surface area contributed by atoms with Crippen LogP contribution in [0.1, 0.15) is 25.6 Å². The maximum Gasteiger partial charge on any atom is 0.267 e. The zero-order valence-electron chi connectivity index (χ0n) is 17.6. The van der Waals surface area contributed by atoms with Gasteiger partial charge in [0.1, 0.15) is 9.88 Å². The second-order valence-corrected chi connectivity index (χ2v) is 8.31. The van der Waals surface area contributed by atoms with Crippen molar-refractivity contribution < 1.29 is 19.1 Å². The molecule has 2 amide bonds. The predicted octanol–water partition coefficient (Wildman–Crippen LogP) is 4.92. The summed E-state index contributed by atoms with van der Waals surface area (Å²) in [4.78, 5) is 30.2. The summed E-state index contributed by atoms with van der Waals surface area (Å²) in [6.07, 6.45) is 1.51. The van der Waals surface area contributed by atoms with Gasteiger partial charge in [-0.1, -0.05) is 12.1 Å². The molecule has 1 aliphatic rings. The van der Waals surface area contributed by atoms with Crippen molar-refractivity contribution in [3.8, 4) is 28.1 Å². The van der Waals surface area contributed by atoms with Crippen LogP contribution in [-0.2, 0) is 0 Å². The highest BCUT2D eigenvalue weighted by atomic mass is 32.1. The highest BCUT2D eigenvalue weighted by Crippen LogP contribution is 2.37. The van der Waals surface area contributed by atoms with Crippen LogP contribution in [0.3, 0.4) is 0 Å². The van der Waals surface area contributed by atoms with Crippen molar-refractivity contribution in [3.63, 3.8) is 0 Å². The van der Waals surface area contributed by atoms with E-state index < -0.39 is 0 Å². The summed E-state index contributed by atoms with van der Waals surface area (Å²) in [5.41, 5.74) is 2.63. The Kier molecular flexibility index (Phi) is 5.64. The number of amides is 2. The SMILES string of the molecule is N#Cc1cccc(NC(=O)c2cccc(NC(=O)c3cnc(-c4ccc5c(c4)OCO5)s3)c2)c1. The van der Waals surface area contributed by atoms with E-state index in [-0.39, 0.29) is 18.6 Å². The molecule has 0 radical (unpaired) electrons. The molecule has 8 nitrogen and oxygen atoms in total. The number of nitrogens with zero attached hydrogens (tertiary/aromatic N) is 2. The number of carbonyl (C=O) groups is 2. The van der Waals surface area contributed by atoms with Gasteiger partial charge in [-0.15, -0.1) is 11.3 Å². The van der Waals surface area contributed by atoms with E-state index in [0.717, 1.165) is 5.56 Å². The normalized spacial score (nSPS) is 11.5. The van der Waals surface area contributed by atoms with Gasteiger partial charge in [0.2, 0.25) is 6.79 Å². The Labute approximate surface area is 198 Å². The molecule has 166 valence electrons. The molecule has 0 aliphatic carbocycles. The smallest absolute Gasteiger partial charge is 0.267 e. The molecule has 3 aromatic carbocycles. The largest absolute Gasteiger partial charge is 0.454 e. The van der Waals surface area contributed by atoms with E-state index in [2.05, 4.69) is 15.6 Å². The summed E-state index contributed by atoms with van der Waals surface area (Å²) >= 11 is 1.25. The summed E-state index contributed by atoms with van der Waals surface area (Å²) in [7, 11) is 0. The molecule has 0 bridgehead atoms. The van der Waals surface area contributed by atoms with Crippen LogP contribution in [0.5, 0.6) is 11.5 Å². The van der Waals surface area contributed by atoms with Crippen LogP contribution in [0.15, 0.2) is 72.9 Å². The van der Waals surface area contributed by atoms with Crippen LogP contribution in [0.25, 0.3) is 10.6 Å². The lowest BCUT2D eigenvalue weighted by atomic mass is 10.1. The number of nitrogens with one attached hydrogen (secondary N) is 2. The topological polar surface area (TPSA) is 113 Å². The van der Waals surface area contributed by atoms with Crippen LogP contribution < -0.4 is 20.1 Å². The zero-order chi connectivity index (χ0) is 23.5. The van der Waals surface area contributed by atoms with E-state index in [9.17, 15) is 9.59 Å². The average Bonchev–Trinajstić information content (AvgIpc) is 3.54. The van der Waals surface area contributed by atoms with E-state index in [1.54, 1.807) is 48.5 Å². The number of fused-ring (bicyclic) bond motifs is 1. The lowest BCUT2D eigenvalue weighted by Gasteiger charge is -2.08. The van der Waals surface area contributed by atoms with Crippen molar-refractivity contribution in [1.29, 1.82) is 5.26 Å². The standard InChI is InChI=1S/C25H16N4O4S/c26-12-15-3-1-5-18(9-15)28-23(30)16-4-2-6-19(10-16)29-24(31)22-13-27-25(34-22)17-7-8-20-21(11-17)33-14-32-20/h1-11,13H,14H2,(H,28,30)(H,29,31). The molecule has 1 aliphatic heterocycles. The average molecular weight is 468 g/mol. The first-order valence-corrected chi connectivity index (χ1v) is 11.0. The van der Waals surface area contributed by atoms with Gasteiger partial charge in [0.15, 0.2) is 11.5 Å². The molecule has 5 rings (SSSR count). The van der Waals surface area contributed by atoms with Crippen molar-refractivity contribution in [2.75, 3.05) is 17.4 Å². The number of nitriles is 1. The van der Waals surface area contributed by atoms with E-state index in [0.29, 0.717) is 43.9 Å². The summed E-state index contributed by atoms with van der Waals surface area (Å²) in [5.74, 6) is 0.644. The number of anilines is 2. The van der Waals surface area contributed by atoms with Gasteiger partial charge in [-0.25, -0.2) is 4.98 Å². The Bertz CT molecular complexity index is 1460. The molecule has 0 fully saturated rings. The van der Waals surface area contributed by atoms with Crippen LogP contribution in [0.2, 0.25) is 0 Å². The van der Waals surface area contributed by atoms with Crippen LogP contribution in [0, 0.1) is 11.3 Å². The fraction of sp³-hybridized carbons (Fsp3) is 0.0400. The fourth-order valence-electron chi connectivity index (χ4n) is 3.34. The fourth-order valence-corrected chi connectivity index (χ4v) is 4.15. The Hall–Kier alpha value is -4.68. The van der Waals surface area contributed by atoms with Crippen LogP contribution >= 0.6 is 11.3 Å². The Morgan fingerprint density at radius 2 is 1.68 bits per heavy atom. The van der Waals surface area contributed by atoms with Gasteiger partial charge in [0, 0.05) is 22.5 Å². The third-order valence-corrected chi connectivity index (χ3v) is 6.03. The first kappa shape index (κ1) is 21.2. The summed E-state index contributed by atoms with van der Waals surface area (Å²) in [6, 6.07) is 20.8. The molecule has 1 aromatic heterocycles. The number of hydrogen-bond acceptors (Lipinski definition) is 7. The summed E-state index contributed by atoms with van der Waals surface area (Å²) in [5, 5.41) is 15.3. The quantitative estimate of drug-likeness (QED) is 0.430. The zero-order valence-corrected chi connectivity index (χ0v) is 18.4. The number of rotatable bonds is 5. The first-order chi connectivity index (χ1) is 16.6. The monoisotopic (exact) mass is 468 g/mol. The van der Waals surface area contributed by atoms with E-state index in [1.165, 1.54) is 17.5 Å². The number of benzene rings is 3. The summed E-state index contributed by atoms with van der Waals surface area (Å²) < 4.78 is 10.7. The Morgan fingerprint density at radius 1 is 0.912 bits per heavy atom. The summed E-state index contributed by atoms with van der Waals surface area (Å²) in [6.45, 7) is 0.188. The number of hydrogen-bond donors (Lipinski definition) is 2. The molecule has 34 heavy (non-hydrogen) atoms. The Morgan fingerprint density at radius 3 is 2.53 bits per heavy atom. The van der Waals surface area contributed by atoms with Crippen molar-refractivity contribution in [3.05, 3.63) is 88.9 Å². The third-order valence-electron chi connectivity index (χ3n) is 4.98. The number of thiazole rings is 1. The van der Waals surface area contributed by atoms with Gasteiger partial charge in [0.25, 0.3) is 11.8 Å². The maximum atomic E-state index is 12.8. The molecule has 0 saturated carbocycles. The number of ether oxygens (including phenoxy) is 2. The minimum absolute atomic E-state index is 0.188. The van der Waals surface area contributed by atoms with Crippen molar-refractivity contribution in [2.24, 2.45) is 0 Å². The van der Waals surface area contributed by atoms with E-state index in [4.69, 9.17) is 14.7 Å². The number of aromatic nitrogens is 1. The third kappa shape index (κ3) is 4.44. The van der Waals surface area contributed by atoms with Gasteiger partial charge in [-0.2, -0.15) is 5.26 Å². The highest BCUT2D eigenvalue weighted by Gasteiger charge is 2.17. The minimum atomic E-state index is -0.353. The second-order valence-electron chi connectivity index (χ2n) is 7.28. The molecule has 0 saturated heterocycles. The second kappa shape index (κ2) is 9.05. The lowest BCUT2D eigenvalue weighted by molar-refractivity contribution is 0.101. The molecule has 4 aromatic rings. The van der Waals surface area contributed by atoms with Gasteiger partial charge >= 0.3 is 0 Å². The lowest BCUT2D eigenvalue weighted by Crippen LogP contribution is -2.14. The molecule has 2 N–H and O–H groups in total. The van der Waals surface area contributed by atoms with Gasteiger partial charge in [-0.05, 0) is 54.6 Å². The van der Waals surface area contributed by atoms with Gasteiger partial charge in [-0.3, -0.25) is 9.59 Å². The molecular formula is C25H16N4O4S. The van der Waals surface area contributed by atoms with Crippen LogP contribution in [0.4, 0.5) is 11.4 Å². The molecule has 0 atom stereocenters.